The van der Waals surface area contributed by atoms with Gasteiger partial charge < -0.3 is 24.8 Å². The molecule has 0 aliphatic rings. The van der Waals surface area contributed by atoms with Crippen molar-refractivity contribution in [1.29, 1.82) is 0 Å². The summed E-state index contributed by atoms with van der Waals surface area (Å²) in [6.07, 6.45) is 3.65. The standard InChI is InChI=1S/C23H28BrClN6O5/c1-6-34-21(32)16-11-29-31-12-17(24)18(30-19(16)31)26-9-14-7-15(25)10-27-20(14)35-13(2)8-28-22(33)36-23(3,4)5/h7,10-13H,6,8-9H2,1-5H3,(H,26,30)(H,28,33). The average Bonchev–Trinajstić information content (AvgIpc) is 3.19. The predicted octanol–water partition coefficient (Wildman–Crippen LogP) is 4.62. The summed E-state index contributed by atoms with van der Waals surface area (Å²) in [5.74, 6) is 0.315. The number of ether oxygens (including phenoxy) is 3. The zero-order valence-electron chi connectivity index (χ0n) is 20.6. The van der Waals surface area contributed by atoms with Crippen molar-refractivity contribution in [2.75, 3.05) is 18.5 Å². The first-order valence-electron chi connectivity index (χ1n) is 11.2. The first kappa shape index (κ1) is 27.5. The number of anilines is 1. The van der Waals surface area contributed by atoms with Gasteiger partial charge in [0.2, 0.25) is 5.88 Å². The van der Waals surface area contributed by atoms with Crippen LogP contribution in [0, 0.1) is 0 Å². The number of carbonyl (C=O) groups excluding carboxylic acids is 2. The van der Waals surface area contributed by atoms with E-state index in [0.29, 0.717) is 32.4 Å². The molecule has 0 fully saturated rings. The molecule has 11 nitrogen and oxygen atoms in total. The zero-order chi connectivity index (χ0) is 26.5. The maximum Gasteiger partial charge on any atom is 0.407 e. The van der Waals surface area contributed by atoms with Crippen LogP contribution in [0.2, 0.25) is 5.02 Å². The topological polar surface area (TPSA) is 129 Å². The second-order valence-corrected chi connectivity index (χ2v) is 10.1. The van der Waals surface area contributed by atoms with Gasteiger partial charge in [-0.05, 0) is 56.6 Å². The zero-order valence-corrected chi connectivity index (χ0v) is 22.9. The summed E-state index contributed by atoms with van der Waals surface area (Å²) < 4.78 is 18.4. The van der Waals surface area contributed by atoms with Gasteiger partial charge in [-0.1, -0.05) is 11.6 Å². The summed E-state index contributed by atoms with van der Waals surface area (Å²) in [6.45, 7) is 9.62. The molecule has 3 aromatic heterocycles. The van der Waals surface area contributed by atoms with Crippen molar-refractivity contribution < 1.29 is 23.8 Å². The highest BCUT2D eigenvalue weighted by Gasteiger charge is 2.19. The van der Waals surface area contributed by atoms with E-state index in [0.717, 1.165) is 0 Å². The van der Waals surface area contributed by atoms with Crippen LogP contribution in [-0.2, 0) is 16.0 Å². The number of alkyl carbamates (subject to hydrolysis) is 1. The molecule has 3 aromatic rings. The minimum Gasteiger partial charge on any atom is -0.473 e. The minimum absolute atomic E-state index is 0.216. The highest BCUT2D eigenvalue weighted by molar-refractivity contribution is 9.10. The molecule has 13 heteroatoms. The van der Waals surface area contributed by atoms with E-state index >= 15 is 0 Å². The van der Waals surface area contributed by atoms with Crippen LogP contribution in [-0.4, -0.2) is 56.5 Å². The Labute approximate surface area is 222 Å². The molecule has 36 heavy (non-hydrogen) atoms. The van der Waals surface area contributed by atoms with Crippen LogP contribution in [0.25, 0.3) is 5.65 Å². The first-order chi connectivity index (χ1) is 17.0. The number of carbonyl (C=O) groups is 2. The van der Waals surface area contributed by atoms with Crippen molar-refractivity contribution >= 4 is 51.1 Å². The largest absolute Gasteiger partial charge is 0.473 e. The van der Waals surface area contributed by atoms with Crippen molar-refractivity contribution in [2.24, 2.45) is 0 Å². The van der Waals surface area contributed by atoms with Crippen LogP contribution in [0.5, 0.6) is 5.88 Å². The van der Waals surface area contributed by atoms with Gasteiger partial charge in [-0.15, -0.1) is 0 Å². The third-order valence-corrected chi connectivity index (χ3v) is 5.31. The lowest BCUT2D eigenvalue weighted by Gasteiger charge is -2.21. The van der Waals surface area contributed by atoms with Gasteiger partial charge in [-0.25, -0.2) is 24.1 Å². The van der Waals surface area contributed by atoms with Gasteiger partial charge in [0, 0.05) is 24.5 Å². The Hall–Kier alpha value is -3.12. The second-order valence-electron chi connectivity index (χ2n) is 8.77. The smallest absolute Gasteiger partial charge is 0.407 e. The summed E-state index contributed by atoms with van der Waals surface area (Å²) in [6, 6.07) is 1.72. The molecule has 0 bridgehead atoms. The molecular formula is C23H28BrClN6O5. The molecular weight excluding hydrogens is 556 g/mol. The summed E-state index contributed by atoms with van der Waals surface area (Å²) in [7, 11) is 0. The maximum atomic E-state index is 12.2. The number of esters is 1. The highest BCUT2D eigenvalue weighted by Crippen LogP contribution is 2.26. The number of halogens is 2. The number of nitrogens with zero attached hydrogens (tertiary/aromatic N) is 4. The minimum atomic E-state index is -0.593. The fourth-order valence-corrected chi connectivity index (χ4v) is 3.62. The molecule has 1 atom stereocenters. The molecule has 0 aliphatic heterocycles. The Morgan fingerprint density at radius 1 is 1.28 bits per heavy atom. The van der Waals surface area contributed by atoms with Crippen molar-refractivity contribution in [3.05, 3.63) is 45.3 Å². The number of hydrogen-bond acceptors (Lipinski definition) is 9. The Balaban J connectivity index is 1.72. The molecule has 1 unspecified atom stereocenters. The summed E-state index contributed by atoms with van der Waals surface area (Å²) in [4.78, 5) is 33.0. The molecule has 0 radical (unpaired) electrons. The van der Waals surface area contributed by atoms with E-state index in [1.807, 2.05) is 0 Å². The lowest BCUT2D eigenvalue weighted by Crippen LogP contribution is -2.37. The quantitative estimate of drug-likeness (QED) is 0.347. The number of nitrogens with one attached hydrogen (secondary N) is 2. The number of aromatic nitrogens is 4. The van der Waals surface area contributed by atoms with Crippen LogP contribution in [0.3, 0.4) is 0 Å². The molecule has 2 N–H and O–H groups in total. The Kier molecular flexibility index (Phi) is 8.96. The number of pyridine rings is 1. The van der Waals surface area contributed by atoms with Crippen molar-refractivity contribution in [2.45, 2.75) is 52.9 Å². The normalized spacial score (nSPS) is 12.2. The third-order valence-electron chi connectivity index (χ3n) is 4.53. The van der Waals surface area contributed by atoms with Gasteiger partial charge in [-0.2, -0.15) is 5.10 Å². The van der Waals surface area contributed by atoms with E-state index in [1.54, 1.807) is 46.9 Å². The van der Waals surface area contributed by atoms with E-state index < -0.39 is 23.8 Å². The lowest BCUT2D eigenvalue weighted by molar-refractivity contribution is 0.0500. The Bertz CT molecular complexity index is 1250. The molecule has 194 valence electrons. The van der Waals surface area contributed by atoms with Crippen molar-refractivity contribution in [3.63, 3.8) is 0 Å². The molecule has 0 spiro atoms. The van der Waals surface area contributed by atoms with Crippen LogP contribution in [0.15, 0.2) is 29.1 Å². The number of rotatable bonds is 9. The number of amides is 1. The summed E-state index contributed by atoms with van der Waals surface area (Å²) >= 11 is 9.64. The van der Waals surface area contributed by atoms with Crippen molar-refractivity contribution in [3.8, 4) is 5.88 Å². The first-order valence-corrected chi connectivity index (χ1v) is 12.4. The molecule has 0 aromatic carbocycles. The van der Waals surface area contributed by atoms with Gasteiger partial charge in [0.1, 0.15) is 23.1 Å². The summed E-state index contributed by atoms with van der Waals surface area (Å²) in [5, 5.41) is 10.5. The van der Waals surface area contributed by atoms with E-state index in [1.165, 1.54) is 16.9 Å². The highest BCUT2D eigenvalue weighted by atomic mass is 79.9. The predicted molar refractivity (Wildman–Crippen MR) is 138 cm³/mol. The average molecular weight is 584 g/mol. The van der Waals surface area contributed by atoms with Crippen LogP contribution < -0.4 is 15.4 Å². The van der Waals surface area contributed by atoms with Gasteiger partial charge in [0.15, 0.2) is 5.65 Å². The van der Waals surface area contributed by atoms with Crippen LogP contribution in [0.1, 0.15) is 50.5 Å². The maximum absolute atomic E-state index is 12.2. The van der Waals surface area contributed by atoms with Gasteiger partial charge in [0.05, 0.1) is 28.8 Å². The SMILES string of the molecule is CCOC(=O)c1cnn2cc(Br)c(NCc3cc(Cl)cnc3OC(C)CNC(=O)OC(C)(C)C)nc12. The molecule has 1 amide bonds. The Morgan fingerprint density at radius 2 is 2.03 bits per heavy atom. The number of fused-ring (bicyclic) bond motifs is 1. The molecule has 0 aliphatic carbocycles. The van der Waals surface area contributed by atoms with E-state index in [-0.39, 0.29) is 25.3 Å². The van der Waals surface area contributed by atoms with Crippen LogP contribution >= 0.6 is 27.5 Å². The van der Waals surface area contributed by atoms with Crippen molar-refractivity contribution in [1.82, 2.24) is 24.9 Å². The monoisotopic (exact) mass is 582 g/mol. The molecule has 0 saturated carbocycles. The van der Waals surface area contributed by atoms with Gasteiger partial charge in [0.25, 0.3) is 0 Å². The lowest BCUT2D eigenvalue weighted by atomic mass is 10.2. The third kappa shape index (κ3) is 7.44. The molecule has 0 saturated heterocycles. The van der Waals surface area contributed by atoms with Gasteiger partial charge >= 0.3 is 12.1 Å². The Morgan fingerprint density at radius 3 is 2.72 bits per heavy atom. The van der Waals surface area contributed by atoms with Crippen LogP contribution in [0.4, 0.5) is 10.6 Å². The van der Waals surface area contributed by atoms with E-state index in [9.17, 15) is 9.59 Å². The number of hydrogen-bond donors (Lipinski definition) is 2. The molecule has 3 rings (SSSR count). The summed E-state index contributed by atoms with van der Waals surface area (Å²) in [5.41, 5.74) is 0.678. The van der Waals surface area contributed by atoms with E-state index in [4.69, 9.17) is 25.8 Å². The fraction of sp³-hybridized carbons (Fsp3) is 0.435. The second kappa shape index (κ2) is 11.7. The van der Waals surface area contributed by atoms with Gasteiger partial charge in [-0.3, -0.25) is 0 Å². The van der Waals surface area contributed by atoms with E-state index in [2.05, 4.69) is 41.6 Å². The molecule has 3 heterocycles. The fourth-order valence-electron chi connectivity index (χ4n) is 3.02.